The van der Waals surface area contributed by atoms with Crippen molar-refractivity contribution in [2.75, 3.05) is 11.9 Å². The number of halogens is 1. The second-order valence-electron chi connectivity index (χ2n) is 10.8. The minimum atomic E-state index is -0.594. The van der Waals surface area contributed by atoms with Crippen LogP contribution in [-0.4, -0.2) is 40.8 Å². The summed E-state index contributed by atoms with van der Waals surface area (Å²) >= 11 is 0. The van der Waals surface area contributed by atoms with Gasteiger partial charge in [0.25, 0.3) is 0 Å². The standard InChI is InChI=1S/C30H36FN3O5/c1-5-38-28(36)18-34-25-12-10-20(31)16-23(25)24-17-22(11-13-26(24)34)32-27(35)14-9-19-7-6-8-21(15-19)33-29(37)39-30(2,3)4/h6-8,10,12,15-16,22H,5,9,11,13-14,17-18H2,1-4H3,(H,32,35)(H,33,37)/t22-/m0/s1. The van der Waals surface area contributed by atoms with Gasteiger partial charge in [-0.3, -0.25) is 14.9 Å². The molecule has 4 rings (SSSR count). The number of fused-ring (bicyclic) bond motifs is 3. The number of nitrogens with one attached hydrogen (secondary N) is 2. The topological polar surface area (TPSA) is 98.7 Å². The number of nitrogens with zero attached hydrogens (tertiary/aromatic N) is 1. The van der Waals surface area contributed by atoms with Crippen molar-refractivity contribution in [2.24, 2.45) is 0 Å². The number of carbonyl (C=O) groups excluding carboxylic acids is 3. The van der Waals surface area contributed by atoms with Gasteiger partial charge in [0.15, 0.2) is 0 Å². The maximum Gasteiger partial charge on any atom is 0.412 e. The van der Waals surface area contributed by atoms with Crippen molar-refractivity contribution in [1.29, 1.82) is 0 Å². The third-order valence-corrected chi connectivity index (χ3v) is 6.60. The van der Waals surface area contributed by atoms with Crippen LogP contribution in [0.4, 0.5) is 14.9 Å². The lowest BCUT2D eigenvalue weighted by Crippen LogP contribution is -2.39. The molecule has 1 heterocycles. The van der Waals surface area contributed by atoms with Gasteiger partial charge in [0.05, 0.1) is 6.61 Å². The molecule has 0 saturated carbocycles. The van der Waals surface area contributed by atoms with Crippen molar-refractivity contribution < 1.29 is 28.2 Å². The average Bonchev–Trinajstić information content (AvgIpc) is 3.14. The molecule has 9 heteroatoms. The Morgan fingerprint density at radius 2 is 1.92 bits per heavy atom. The molecule has 0 aliphatic heterocycles. The van der Waals surface area contributed by atoms with Crippen LogP contribution in [0.15, 0.2) is 42.5 Å². The number of carbonyl (C=O) groups is 3. The highest BCUT2D eigenvalue weighted by molar-refractivity contribution is 5.88. The van der Waals surface area contributed by atoms with Crippen molar-refractivity contribution >= 4 is 34.6 Å². The number of esters is 1. The zero-order valence-corrected chi connectivity index (χ0v) is 22.9. The lowest BCUT2D eigenvalue weighted by molar-refractivity contribution is -0.143. The van der Waals surface area contributed by atoms with Crippen LogP contribution in [0.5, 0.6) is 0 Å². The van der Waals surface area contributed by atoms with Gasteiger partial charge in [-0.15, -0.1) is 0 Å². The van der Waals surface area contributed by atoms with E-state index in [1.54, 1.807) is 39.8 Å². The summed E-state index contributed by atoms with van der Waals surface area (Å²) in [6.45, 7) is 7.54. The van der Waals surface area contributed by atoms with E-state index in [1.165, 1.54) is 12.1 Å². The Kier molecular flexibility index (Phi) is 8.57. The minimum Gasteiger partial charge on any atom is -0.465 e. The molecule has 0 saturated heterocycles. The number of rotatable bonds is 8. The van der Waals surface area contributed by atoms with Crippen LogP contribution in [0.2, 0.25) is 0 Å². The van der Waals surface area contributed by atoms with E-state index in [1.807, 2.05) is 22.8 Å². The highest BCUT2D eigenvalue weighted by Gasteiger charge is 2.27. The van der Waals surface area contributed by atoms with E-state index in [2.05, 4.69) is 10.6 Å². The second-order valence-corrected chi connectivity index (χ2v) is 10.8. The van der Waals surface area contributed by atoms with Gasteiger partial charge >= 0.3 is 12.1 Å². The zero-order valence-electron chi connectivity index (χ0n) is 22.9. The molecule has 0 spiro atoms. The molecule has 208 valence electrons. The molecule has 0 bridgehead atoms. The van der Waals surface area contributed by atoms with Crippen molar-refractivity contribution in [3.63, 3.8) is 0 Å². The summed E-state index contributed by atoms with van der Waals surface area (Å²) in [6.07, 6.45) is 2.21. The molecule has 2 N–H and O–H groups in total. The molecular formula is C30H36FN3O5. The number of hydrogen-bond acceptors (Lipinski definition) is 5. The SMILES string of the molecule is CCOC(=O)Cn1c2c(c3cc(F)ccc31)C[C@@H](NC(=O)CCc1cccc(NC(=O)OC(C)(C)C)c1)CC2. The van der Waals surface area contributed by atoms with E-state index < -0.39 is 11.7 Å². The highest BCUT2D eigenvalue weighted by Crippen LogP contribution is 2.33. The first kappa shape index (κ1) is 28.1. The Morgan fingerprint density at radius 3 is 2.67 bits per heavy atom. The third kappa shape index (κ3) is 7.37. The Balaban J connectivity index is 1.38. The molecule has 0 fully saturated rings. The van der Waals surface area contributed by atoms with Crippen molar-refractivity contribution in [2.45, 2.75) is 78.0 Å². The van der Waals surface area contributed by atoms with E-state index in [-0.39, 0.29) is 30.3 Å². The Morgan fingerprint density at radius 1 is 1.13 bits per heavy atom. The third-order valence-electron chi connectivity index (χ3n) is 6.60. The largest absolute Gasteiger partial charge is 0.465 e. The first-order valence-electron chi connectivity index (χ1n) is 13.4. The summed E-state index contributed by atoms with van der Waals surface area (Å²) in [5.74, 6) is -0.745. The lowest BCUT2D eigenvalue weighted by Gasteiger charge is -2.25. The first-order chi connectivity index (χ1) is 18.5. The monoisotopic (exact) mass is 537 g/mol. The summed E-state index contributed by atoms with van der Waals surface area (Å²) < 4.78 is 26.5. The first-order valence-corrected chi connectivity index (χ1v) is 13.4. The summed E-state index contributed by atoms with van der Waals surface area (Å²) in [6, 6.07) is 11.8. The summed E-state index contributed by atoms with van der Waals surface area (Å²) in [5.41, 5.74) is 3.68. The van der Waals surface area contributed by atoms with Gasteiger partial charge in [0.1, 0.15) is 18.0 Å². The predicted molar refractivity (Wildman–Crippen MR) is 147 cm³/mol. The van der Waals surface area contributed by atoms with Crippen molar-refractivity contribution in [1.82, 2.24) is 9.88 Å². The van der Waals surface area contributed by atoms with E-state index >= 15 is 0 Å². The van der Waals surface area contributed by atoms with Crippen LogP contribution in [0, 0.1) is 5.82 Å². The molecule has 1 atom stereocenters. The van der Waals surface area contributed by atoms with Crippen LogP contribution in [0.25, 0.3) is 10.9 Å². The van der Waals surface area contributed by atoms with Gasteiger partial charge in [0.2, 0.25) is 5.91 Å². The fraction of sp³-hybridized carbons (Fsp3) is 0.433. The van der Waals surface area contributed by atoms with Gasteiger partial charge in [-0.2, -0.15) is 0 Å². The number of amides is 2. The number of hydrogen-bond donors (Lipinski definition) is 2. The maximum atomic E-state index is 14.1. The number of aryl methyl sites for hydroxylation is 1. The minimum absolute atomic E-state index is 0.0736. The lowest BCUT2D eigenvalue weighted by atomic mass is 9.91. The number of aromatic nitrogens is 1. The highest BCUT2D eigenvalue weighted by atomic mass is 19.1. The molecule has 3 aromatic rings. The predicted octanol–water partition coefficient (Wildman–Crippen LogP) is 5.30. The van der Waals surface area contributed by atoms with Crippen LogP contribution >= 0.6 is 0 Å². The molecule has 2 aromatic carbocycles. The van der Waals surface area contributed by atoms with E-state index in [9.17, 15) is 18.8 Å². The molecule has 2 amide bonds. The summed E-state index contributed by atoms with van der Waals surface area (Å²) in [5, 5.41) is 6.62. The van der Waals surface area contributed by atoms with Crippen molar-refractivity contribution in [3.8, 4) is 0 Å². The molecule has 1 aliphatic rings. The second kappa shape index (κ2) is 11.9. The molecule has 1 aliphatic carbocycles. The van der Waals surface area contributed by atoms with Crippen LogP contribution in [0.1, 0.15) is 57.4 Å². The number of ether oxygens (including phenoxy) is 2. The summed E-state index contributed by atoms with van der Waals surface area (Å²) in [7, 11) is 0. The van der Waals surface area contributed by atoms with E-state index in [0.29, 0.717) is 38.0 Å². The smallest absolute Gasteiger partial charge is 0.412 e. The van der Waals surface area contributed by atoms with Crippen LogP contribution in [0.3, 0.4) is 0 Å². The Labute approximate surface area is 227 Å². The quantitative estimate of drug-likeness (QED) is 0.380. The van der Waals surface area contributed by atoms with Crippen LogP contribution in [-0.2, 0) is 44.9 Å². The summed E-state index contributed by atoms with van der Waals surface area (Å²) in [4.78, 5) is 37.1. The fourth-order valence-corrected chi connectivity index (χ4v) is 5.05. The number of anilines is 1. The Hall–Kier alpha value is -3.88. The van der Waals surface area contributed by atoms with Gasteiger partial charge in [-0.05, 0) is 94.8 Å². The van der Waals surface area contributed by atoms with E-state index in [0.717, 1.165) is 34.1 Å². The molecule has 1 aromatic heterocycles. The van der Waals surface area contributed by atoms with Gasteiger partial charge in [-0.25, -0.2) is 9.18 Å². The van der Waals surface area contributed by atoms with Gasteiger partial charge < -0.3 is 19.4 Å². The van der Waals surface area contributed by atoms with Crippen molar-refractivity contribution in [3.05, 3.63) is 65.1 Å². The van der Waals surface area contributed by atoms with Gasteiger partial charge in [0, 0.05) is 34.7 Å². The molecule has 0 unspecified atom stereocenters. The molecule has 0 radical (unpaired) electrons. The van der Waals surface area contributed by atoms with Gasteiger partial charge in [-0.1, -0.05) is 12.1 Å². The van der Waals surface area contributed by atoms with E-state index in [4.69, 9.17) is 9.47 Å². The maximum absolute atomic E-state index is 14.1. The normalized spacial score (nSPS) is 14.9. The zero-order chi connectivity index (χ0) is 28.2. The Bertz CT molecular complexity index is 1370. The average molecular weight is 538 g/mol. The molecular weight excluding hydrogens is 501 g/mol. The number of benzene rings is 2. The fourth-order valence-electron chi connectivity index (χ4n) is 5.05. The van der Waals surface area contributed by atoms with Crippen LogP contribution < -0.4 is 10.6 Å². The molecule has 39 heavy (non-hydrogen) atoms. The molecule has 8 nitrogen and oxygen atoms in total.